The molecule has 2 fully saturated rings. The monoisotopic (exact) mass is 198 g/mol. The van der Waals surface area contributed by atoms with Crippen LogP contribution in [-0.4, -0.2) is 37.2 Å². The lowest BCUT2D eigenvalue weighted by molar-refractivity contribution is -0.119. The Hall–Kier alpha value is -0.610. The lowest BCUT2D eigenvalue weighted by atomic mass is 10.2. The number of hydrogen-bond acceptors (Lipinski definition) is 3. The Morgan fingerprint density at radius 2 is 2.43 bits per heavy atom. The lowest BCUT2D eigenvalue weighted by Crippen LogP contribution is -2.36. The predicted octanol–water partition coefficient (Wildman–Crippen LogP) is 0.0320. The molecule has 2 aliphatic rings. The summed E-state index contributed by atoms with van der Waals surface area (Å²) >= 11 is 0. The van der Waals surface area contributed by atoms with Gasteiger partial charge in [-0.15, -0.1) is 0 Å². The Bertz CT molecular complexity index is 220. The molecule has 4 nitrogen and oxygen atoms in total. The summed E-state index contributed by atoms with van der Waals surface area (Å²) < 4.78 is 5.68. The van der Waals surface area contributed by atoms with Gasteiger partial charge in [0.1, 0.15) is 0 Å². The predicted molar refractivity (Wildman–Crippen MR) is 53.0 cm³/mol. The van der Waals surface area contributed by atoms with Crippen molar-refractivity contribution in [3.05, 3.63) is 0 Å². The van der Waals surface area contributed by atoms with Crippen LogP contribution in [0.1, 0.15) is 26.2 Å². The summed E-state index contributed by atoms with van der Waals surface area (Å²) in [7, 11) is 0. The normalized spacial score (nSPS) is 37.5. The van der Waals surface area contributed by atoms with Crippen molar-refractivity contribution in [1.29, 1.82) is 0 Å². The first-order valence-corrected chi connectivity index (χ1v) is 5.39. The summed E-state index contributed by atoms with van der Waals surface area (Å²) in [6.07, 6.45) is 3.67. The van der Waals surface area contributed by atoms with E-state index in [4.69, 9.17) is 4.74 Å². The molecule has 4 heteroatoms. The Morgan fingerprint density at radius 3 is 3.00 bits per heavy atom. The van der Waals surface area contributed by atoms with Gasteiger partial charge in [0.25, 0.3) is 0 Å². The second kappa shape index (κ2) is 4.28. The topological polar surface area (TPSA) is 50.4 Å². The van der Waals surface area contributed by atoms with Crippen molar-refractivity contribution < 1.29 is 9.53 Å². The molecule has 0 aromatic carbocycles. The zero-order valence-electron chi connectivity index (χ0n) is 8.58. The van der Waals surface area contributed by atoms with Gasteiger partial charge in [0.2, 0.25) is 5.91 Å². The molecule has 0 bridgehead atoms. The van der Waals surface area contributed by atoms with Gasteiger partial charge in [-0.25, -0.2) is 0 Å². The highest BCUT2D eigenvalue weighted by Gasteiger charge is 2.25. The van der Waals surface area contributed by atoms with Gasteiger partial charge in [-0.3, -0.25) is 4.79 Å². The van der Waals surface area contributed by atoms with Crippen LogP contribution in [0, 0.1) is 0 Å². The van der Waals surface area contributed by atoms with Gasteiger partial charge in [-0.2, -0.15) is 0 Å². The van der Waals surface area contributed by atoms with Crippen LogP contribution in [0.4, 0.5) is 0 Å². The first kappa shape index (κ1) is 9.93. The fourth-order valence-electron chi connectivity index (χ4n) is 2.08. The number of rotatable bonds is 3. The zero-order valence-corrected chi connectivity index (χ0v) is 8.58. The molecule has 3 atom stereocenters. The van der Waals surface area contributed by atoms with Gasteiger partial charge in [-0.05, 0) is 19.8 Å². The molecule has 0 spiro atoms. The molecule has 2 N–H and O–H groups in total. The van der Waals surface area contributed by atoms with E-state index in [1.165, 1.54) is 0 Å². The quantitative estimate of drug-likeness (QED) is 0.673. The van der Waals surface area contributed by atoms with Crippen molar-refractivity contribution in [1.82, 2.24) is 10.6 Å². The van der Waals surface area contributed by atoms with E-state index in [1.807, 2.05) is 0 Å². The van der Waals surface area contributed by atoms with Crippen molar-refractivity contribution in [2.45, 2.75) is 44.4 Å². The summed E-state index contributed by atoms with van der Waals surface area (Å²) in [6, 6.07) is 0.307. The van der Waals surface area contributed by atoms with Crippen molar-refractivity contribution in [2.24, 2.45) is 0 Å². The first-order chi connectivity index (χ1) is 6.74. The van der Waals surface area contributed by atoms with Crippen LogP contribution in [0.2, 0.25) is 0 Å². The lowest BCUT2D eigenvalue weighted by Gasteiger charge is -2.15. The number of carbonyl (C=O) groups excluding carboxylic acids is 1. The van der Waals surface area contributed by atoms with Gasteiger partial charge in [-0.1, -0.05) is 0 Å². The fraction of sp³-hybridized carbons (Fsp3) is 0.900. The average Bonchev–Trinajstić information content (AvgIpc) is 2.72. The molecule has 3 unspecified atom stereocenters. The second-order valence-electron chi connectivity index (χ2n) is 4.26. The van der Waals surface area contributed by atoms with Crippen molar-refractivity contribution in [3.63, 3.8) is 0 Å². The maximum atomic E-state index is 10.9. The Kier molecular flexibility index (Phi) is 3.03. The molecule has 0 saturated carbocycles. The van der Waals surface area contributed by atoms with Gasteiger partial charge in [0.05, 0.1) is 12.2 Å². The average molecular weight is 198 g/mol. The van der Waals surface area contributed by atoms with Gasteiger partial charge < -0.3 is 15.4 Å². The Morgan fingerprint density at radius 1 is 1.57 bits per heavy atom. The largest absolute Gasteiger partial charge is 0.374 e. The van der Waals surface area contributed by atoms with Crippen LogP contribution >= 0.6 is 0 Å². The van der Waals surface area contributed by atoms with E-state index < -0.39 is 0 Å². The van der Waals surface area contributed by atoms with Crippen LogP contribution in [-0.2, 0) is 9.53 Å². The molecular formula is C10H18N2O2. The minimum absolute atomic E-state index is 0.156. The van der Waals surface area contributed by atoms with Crippen LogP contribution in [0.3, 0.4) is 0 Å². The molecule has 14 heavy (non-hydrogen) atoms. The Labute approximate surface area is 84.4 Å². The van der Waals surface area contributed by atoms with Crippen molar-refractivity contribution in [3.8, 4) is 0 Å². The second-order valence-corrected chi connectivity index (χ2v) is 4.26. The van der Waals surface area contributed by atoms with Gasteiger partial charge in [0.15, 0.2) is 0 Å². The van der Waals surface area contributed by atoms with Gasteiger partial charge in [0, 0.05) is 25.6 Å². The molecule has 80 valence electrons. The first-order valence-electron chi connectivity index (χ1n) is 5.39. The number of carbonyl (C=O) groups is 1. The van der Waals surface area contributed by atoms with Crippen LogP contribution in [0.25, 0.3) is 0 Å². The van der Waals surface area contributed by atoms with Gasteiger partial charge >= 0.3 is 0 Å². The highest BCUT2D eigenvalue weighted by Crippen LogP contribution is 2.18. The highest BCUT2D eigenvalue weighted by molar-refractivity contribution is 5.78. The van der Waals surface area contributed by atoms with Crippen LogP contribution in [0.5, 0.6) is 0 Å². The molecule has 2 aliphatic heterocycles. The van der Waals surface area contributed by atoms with Crippen LogP contribution < -0.4 is 10.6 Å². The number of nitrogens with one attached hydrogen (secondary N) is 2. The smallest absolute Gasteiger partial charge is 0.221 e. The molecule has 2 saturated heterocycles. The van der Waals surface area contributed by atoms with Crippen LogP contribution in [0.15, 0.2) is 0 Å². The van der Waals surface area contributed by atoms with E-state index in [2.05, 4.69) is 17.6 Å². The van der Waals surface area contributed by atoms with E-state index in [0.717, 1.165) is 25.9 Å². The molecule has 0 aromatic rings. The summed E-state index contributed by atoms with van der Waals surface area (Å²) in [5.41, 5.74) is 0. The molecule has 2 rings (SSSR count). The summed E-state index contributed by atoms with van der Waals surface area (Å²) in [5, 5.41) is 6.18. The molecule has 1 amide bonds. The van der Waals surface area contributed by atoms with E-state index in [0.29, 0.717) is 24.7 Å². The SMILES string of the molecule is CC1CCC(CNC2CNC(=O)C2)O1. The van der Waals surface area contributed by atoms with E-state index in [-0.39, 0.29) is 5.91 Å². The number of amides is 1. The summed E-state index contributed by atoms with van der Waals surface area (Å²) in [4.78, 5) is 10.9. The fourth-order valence-corrected chi connectivity index (χ4v) is 2.08. The summed E-state index contributed by atoms with van der Waals surface area (Å²) in [6.45, 7) is 3.76. The third-order valence-corrected chi connectivity index (χ3v) is 2.93. The molecule has 2 heterocycles. The third-order valence-electron chi connectivity index (χ3n) is 2.93. The number of hydrogen-bond donors (Lipinski definition) is 2. The maximum absolute atomic E-state index is 10.9. The third kappa shape index (κ3) is 2.45. The van der Waals surface area contributed by atoms with E-state index in [9.17, 15) is 4.79 Å². The zero-order chi connectivity index (χ0) is 9.97. The maximum Gasteiger partial charge on any atom is 0.221 e. The molecule has 0 radical (unpaired) electrons. The molecule has 0 aliphatic carbocycles. The minimum atomic E-state index is 0.156. The Balaban J connectivity index is 1.65. The van der Waals surface area contributed by atoms with E-state index in [1.54, 1.807) is 0 Å². The molecular weight excluding hydrogens is 180 g/mol. The standard InChI is InChI=1S/C10H18N2O2/c1-7-2-3-9(14-7)6-11-8-4-10(13)12-5-8/h7-9,11H,2-6H2,1H3,(H,12,13). The van der Waals surface area contributed by atoms with Crippen molar-refractivity contribution >= 4 is 5.91 Å². The summed E-state index contributed by atoms with van der Waals surface area (Å²) in [5.74, 6) is 0.156. The van der Waals surface area contributed by atoms with Crippen molar-refractivity contribution in [2.75, 3.05) is 13.1 Å². The highest BCUT2D eigenvalue weighted by atomic mass is 16.5. The molecule has 0 aromatic heterocycles. The minimum Gasteiger partial charge on any atom is -0.374 e. The van der Waals surface area contributed by atoms with E-state index >= 15 is 0 Å². The number of ether oxygens (including phenoxy) is 1.